The molecule has 1 aromatic rings. The lowest BCUT2D eigenvalue weighted by molar-refractivity contribution is -0.117. The first-order valence-electron chi connectivity index (χ1n) is 6.31. The van der Waals surface area contributed by atoms with Gasteiger partial charge >= 0.3 is 0 Å². The number of nitrogens with zero attached hydrogens (tertiary/aromatic N) is 3. The minimum absolute atomic E-state index is 0.158. The van der Waals surface area contributed by atoms with Crippen molar-refractivity contribution < 1.29 is 4.79 Å². The first kappa shape index (κ1) is 13.6. The standard InChI is InChI=1S/C11H15N3O.C2H6/c1-8(2)9-6-12-7-10(13-9)14-5-3-4-11(14)15;1-2/h6-8H,3-5H2,1-2H3;1-2H3. The Morgan fingerprint density at radius 2 is 2.00 bits per heavy atom. The highest BCUT2D eigenvalue weighted by atomic mass is 16.2. The Bertz CT molecular complexity index is 377. The number of aromatic nitrogens is 2. The molecular weight excluding hydrogens is 214 g/mol. The van der Waals surface area contributed by atoms with Crippen LogP contribution < -0.4 is 4.90 Å². The first-order chi connectivity index (χ1) is 8.18. The van der Waals surface area contributed by atoms with E-state index in [0.717, 1.165) is 18.7 Å². The molecule has 1 saturated heterocycles. The van der Waals surface area contributed by atoms with Crippen molar-refractivity contribution in [3.05, 3.63) is 18.1 Å². The Hall–Kier alpha value is -1.45. The van der Waals surface area contributed by atoms with Gasteiger partial charge in [0.2, 0.25) is 5.91 Å². The summed E-state index contributed by atoms with van der Waals surface area (Å²) in [5.74, 6) is 1.20. The molecule has 0 aromatic carbocycles. The van der Waals surface area contributed by atoms with Gasteiger partial charge in [0.1, 0.15) is 0 Å². The van der Waals surface area contributed by atoms with Crippen LogP contribution in [-0.2, 0) is 4.79 Å². The minimum atomic E-state index is 0.158. The average molecular weight is 235 g/mol. The molecule has 0 aliphatic carbocycles. The summed E-state index contributed by atoms with van der Waals surface area (Å²) in [6.07, 6.45) is 4.98. The zero-order chi connectivity index (χ0) is 12.8. The summed E-state index contributed by atoms with van der Waals surface area (Å²) in [6, 6.07) is 0. The van der Waals surface area contributed by atoms with E-state index in [0.29, 0.717) is 18.2 Å². The van der Waals surface area contributed by atoms with Crippen molar-refractivity contribution in [2.45, 2.75) is 46.5 Å². The molecule has 0 saturated carbocycles. The lowest BCUT2D eigenvalue weighted by Gasteiger charge is -2.15. The fourth-order valence-electron chi connectivity index (χ4n) is 1.67. The molecular formula is C13H21N3O. The second-order valence-electron chi connectivity index (χ2n) is 4.11. The summed E-state index contributed by atoms with van der Waals surface area (Å²) in [7, 11) is 0. The number of rotatable bonds is 2. The summed E-state index contributed by atoms with van der Waals surface area (Å²) < 4.78 is 0. The van der Waals surface area contributed by atoms with Crippen LogP contribution in [0.1, 0.15) is 52.1 Å². The Morgan fingerprint density at radius 1 is 1.29 bits per heavy atom. The normalized spacial score (nSPS) is 14.9. The van der Waals surface area contributed by atoms with Gasteiger partial charge in [-0.2, -0.15) is 0 Å². The van der Waals surface area contributed by atoms with E-state index < -0.39 is 0 Å². The van der Waals surface area contributed by atoms with Crippen LogP contribution in [0, 0.1) is 0 Å². The highest BCUT2D eigenvalue weighted by Crippen LogP contribution is 2.20. The van der Waals surface area contributed by atoms with Crippen LogP contribution in [0.2, 0.25) is 0 Å². The number of carbonyl (C=O) groups is 1. The fraction of sp³-hybridized carbons (Fsp3) is 0.615. The molecule has 0 bridgehead atoms. The van der Waals surface area contributed by atoms with Gasteiger partial charge in [0.25, 0.3) is 0 Å². The summed E-state index contributed by atoms with van der Waals surface area (Å²) in [5.41, 5.74) is 0.937. The second kappa shape index (κ2) is 6.33. The van der Waals surface area contributed by atoms with Crippen LogP contribution in [0.4, 0.5) is 5.82 Å². The van der Waals surface area contributed by atoms with Crippen molar-refractivity contribution in [2.75, 3.05) is 11.4 Å². The molecule has 1 aliphatic heterocycles. The monoisotopic (exact) mass is 235 g/mol. The summed E-state index contributed by atoms with van der Waals surface area (Å²) in [6.45, 7) is 8.91. The van der Waals surface area contributed by atoms with Crippen molar-refractivity contribution in [1.29, 1.82) is 0 Å². The van der Waals surface area contributed by atoms with Crippen LogP contribution in [0.25, 0.3) is 0 Å². The molecule has 4 heteroatoms. The van der Waals surface area contributed by atoms with Gasteiger partial charge in [0.05, 0.1) is 11.9 Å². The Labute approximate surface area is 103 Å². The van der Waals surface area contributed by atoms with E-state index in [1.807, 2.05) is 13.8 Å². The predicted octanol–water partition coefficient (Wildman–Crippen LogP) is 2.75. The van der Waals surface area contributed by atoms with Crippen LogP contribution in [0.15, 0.2) is 12.4 Å². The van der Waals surface area contributed by atoms with Gasteiger partial charge in [-0.15, -0.1) is 0 Å². The van der Waals surface area contributed by atoms with Gasteiger partial charge in [-0.3, -0.25) is 14.7 Å². The molecule has 1 amide bonds. The molecule has 2 heterocycles. The van der Waals surface area contributed by atoms with Gasteiger partial charge in [-0.25, -0.2) is 4.98 Å². The topological polar surface area (TPSA) is 46.1 Å². The quantitative estimate of drug-likeness (QED) is 0.791. The summed E-state index contributed by atoms with van der Waals surface area (Å²) in [5, 5.41) is 0. The largest absolute Gasteiger partial charge is 0.296 e. The Balaban J connectivity index is 0.000000686. The third-order valence-electron chi connectivity index (χ3n) is 2.58. The van der Waals surface area contributed by atoms with Crippen molar-refractivity contribution >= 4 is 11.7 Å². The van der Waals surface area contributed by atoms with Crippen LogP contribution >= 0.6 is 0 Å². The Kier molecular flexibility index (Phi) is 5.07. The Morgan fingerprint density at radius 3 is 2.53 bits per heavy atom. The third kappa shape index (κ3) is 3.25. The van der Waals surface area contributed by atoms with Crippen molar-refractivity contribution in [3.63, 3.8) is 0 Å². The maximum atomic E-state index is 11.5. The molecule has 94 valence electrons. The lowest BCUT2D eigenvalue weighted by atomic mass is 10.1. The number of carbonyl (C=O) groups excluding carboxylic acids is 1. The number of anilines is 1. The zero-order valence-electron chi connectivity index (χ0n) is 11.1. The van der Waals surface area contributed by atoms with E-state index in [4.69, 9.17) is 0 Å². The number of hydrogen-bond acceptors (Lipinski definition) is 3. The molecule has 0 unspecified atom stereocenters. The van der Waals surface area contributed by atoms with Gasteiger partial charge in [0.15, 0.2) is 5.82 Å². The average Bonchev–Trinajstić information content (AvgIpc) is 2.78. The van der Waals surface area contributed by atoms with Gasteiger partial charge in [-0.05, 0) is 12.3 Å². The summed E-state index contributed by atoms with van der Waals surface area (Å²) >= 11 is 0. The van der Waals surface area contributed by atoms with E-state index in [1.165, 1.54) is 0 Å². The van der Waals surface area contributed by atoms with Crippen molar-refractivity contribution in [1.82, 2.24) is 9.97 Å². The molecule has 1 aliphatic rings. The molecule has 0 radical (unpaired) electrons. The smallest absolute Gasteiger partial charge is 0.228 e. The number of amides is 1. The SMILES string of the molecule is CC.CC(C)c1cncc(N2CCCC2=O)n1. The maximum absolute atomic E-state index is 11.5. The van der Waals surface area contributed by atoms with Crippen LogP contribution in [0.5, 0.6) is 0 Å². The molecule has 2 rings (SSSR count). The fourth-order valence-corrected chi connectivity index (χ4v) is 1.67. The van der Waals surface area contributed by atoms with Crippen LogP contribution in [-0.4, -0.2) is 22.4 Å². The predicted molar refractivity (Wildman–Crippen MR) is 69.1 cm³/mol. The van der Waals surface area contributed by atoms with Crippen LogP contribution in [0.3, 0.4) is 0 Å². The molecule has 1 aromatic heterocycles. The first-order valence-corrected chi connectivity index (χ1v) is 6.31. The maximum Gasteiger partial charge on any atom is 0.228 e. The van der Waals surface area contributed by atoms with Gasteiger partial charge in [-0.1, -0.05) is 27.7 Å². The summed E-state index contributed by atoms with van der Waals surface area (Å²) in [4.78, 5) is 21.8. The highest BCUT2D eigenvalue weighted by Gasteiger charge is 2.23. The third-order valence-corrected chi connectivity index (χ3v) is 2.58. The van der Waals surface area contributed by atoms with E-state index in [-0.39, 0.29) is 5.91 Å². The second-order valence-corrected chi connectivity index (χ2v) is 4.11. The zero-order valence-corrected chi connectivity index (χ0v) is 11.1. The molecule has 0 spiro atoms. The molecule has 0 N–H and O–H groups in total. The van der Waals surface area contributed by atoms with E-state index in [2.05, 4.69) is 23.8 Å². The van der Waals surface area contributed by atoms with E-state index in [9.17, 15) is 4.79 Å². The van der Waals surface area contributed by atoms with Gasteiger partial charge < -0.3 is 0 Å². The van der Waals surface area contributed by atoms with Crippen molar-refractivity contribution in [2.24, 2.45) is 0 Å². The highest BCUT2D eigenvalue weighted by molar-refractivity contribution is 5.94. The minimum Gasteiger partial charge on any atom is -0.296 e. The van der Waals surface area contributed by atoms with E-state index in [1.54, 1.807) is 17.3 Å². The molecule has 0 atom stereocenters. The molecule has 1 fully saturated rings. The lowest BCUT2D eigenvalue weighted by Crippen LogP contribution is -2.25. The molecule has 4 nitrogen and oxygen atoms in total. The van der Waals surface area contributed by atoms with Gasteiger partial charge in [0, 0.05) is 19.2 Å². The molecule has 17 heavy (non-hydrogen) atoms. The van der Waals surface area contributed by atoms with E-state index >= 15 is 0 Å². The van der Waals surface area contributed by atoms with Crippen molar-refractivity contribution in [3.8, 4) is 0 Å². The number of hydrogen-bond donors (Lipinski definition) is 0.